The molecule has 1 N–H and O–H groups in total. The van der Waals surface area contributed by atoms with Gasteiger partial charge in [-0.3, -0.25) is 4.79 Å². The van der Waals surface area contributed by atoms with E-state index in [9.17, 15) is 4.79 Å². The van der Waals surface area contributed by atoms with Crippen molar-refractivity contribution in [2.45, 2.75) is 12.1 Å². The molecule has 5 heteroatoms. The fourth-order valence-electron chi connectivity index (χ4n) is 2.49. The standard InChI is InChI=1S/C15H11N3O2/c19-14-12-11(10-7-4-8-16-15(10)20-12)17-13(18-14)9-5-2-1-3-6-9/h1-8,10,15H,(H,17,18,19). The van der Waals surface area contributed by atoms with Crippen LogP contribution < -0.4 is 10.3 Å². The third kappa shape index (κ3) is 1.60. The van der Waals surface area contributed by atoms with Crippen molar-refractivity contribution in [1.29, 1.82) is 0 Å². The van der Waals surface area contributed by atoms with Gasteiger partial charge in [0.05, 0.1) is 5.92 Å². The molecule has 0 bridgehead atoms. The molecule has 0 spiro atoms. The minimum absolute atomic E-state index is 0.0836. The first-order valence-electron chi connectivity index (χ1n) is 6.39. The lowest BCUT2D eigenvalue weighted by Gasteiger charge is -2.12. The van der Waals surface area contributed by atoms with Crippen molar-refractivity contribution >= 4 is 6.21 Å². The Kier molecular flexibility index (Phi) is 2.32. The highest BCUT2D eigenvalue weighted by Gasteiger charge is 2.37. The van der Waals surface area contributed by atoms with Crippen molar-refractivity contribution in [3.63, 3.8) is 0 Å². The van der Waals surface area contributed by atoms with Crippen LogP contribution in [0.25, 0.3) is 11.4 Å². The number of ether oxygens (including phenoxy) is 1. The third-order valence-corrected chi connectivity index (χ3v) is 3.45. The molecule has 0 radical (unpaired) electrons. The fraction of sp³-hybridized carbons (Fsp3) is 0.133. The van der Waals surface area contributed by atoms with Gasteiger partial charge in [-0.1, -0.05) is 36.4 Å². The molecule has 0 fully saturated rings. The number of nitrogens with one attached hydrogen (secondary N) is 1. The minimum Gasteiger partial charge on any atom is -0.460 e. The normalized spacial score (nSPS) is 22.2. The van der Waals surface area contributed by atoms with Gasteiger partial charge in [-0.2, -0.15) is 0 Å². The third-order valence-electron chi connectivity index (χ3n) is 3.45. The summed E-state index contributed by atoms with van der Waals surface area (Å²) in [5.41, 5.74) is 1.27. The van der Waals surface area contributed by atoms with Crippen LogP contribution in [0.2, 0.25) is 0 Å². The van der Waals surface area contributed by atoms with Crippen LogP contribution in [-0.2, 0) is 0 Å². The summed E-state index contributed by atoms with van der Waals surface area (Å²) >= 11 is 0. The van der Waals surface area contributed by atoms with Crippen LogP contribution in [0.4, 0.5) is 0 Å². The first kappa shape index (κ1) is 11.2. The van der Waals surface area contributed by atoms with Crippen LogP contribution in [-0.4, -0.2) is 22.4 Å². The molecule has 2 aliphatic rings. The van der Waals surface area contributed by atoms with Gasteiger partial charge in [-0.15, -0.1) is 0 Å². The number of aromatic amines is 1. The first-order valence-corrected chi connectivity index (χ1v) is 6.39. The number of hydrogen-bond acceptors (Lipinski definition) is 4. The number of benzene rings is 1. The molecule has 2 aromatic rings. The summed E-state index contributed by atoms with van der Waals surface area (Å²) in [6.07, 6.45) is 5.13. The molecule has 2 atom stereocenters. The molecule has 5 nitrogen and oxygen atoms in total. The Morgan fingerprint density at radius 3 is 2.90 bits per heavy atom. The molecule has 0 saturated carbocycles. The summed E-state index contributed by atoms with van der Waals surface area (Å²) in [5, 5.41) is 0. The zero-order valence-corrected chi connectivity index (χ0v) is 10.5. The highest BCUT2D eigenvalue weighted by atomic mass is 16.5. The van der Waals surface area contributed by atoms with Crippen molar-refractivity contribution in [2.75, 3.05) is 0 Å². The molecule has 0 amide bonds. The Balaban J connectivity index is 1.88. The zero-order valence-electron chi connectivity index (χ0n) is 10.5. The maximum atomic E-state index is 12.2. The number of H-pyrrole nitrogens is 1. The Morgan fingerprint density at radius 2 is 2.05 bits per heavy atom. The van der Waals surface area contributed by atoms with E-state index in [0.29, 0.717) is 11.5 Å². The number of aliphatic imine (C=N–C) groups is 1. The highest BCUT2D eigenvalue weighted by Crippen LogP contribution is 2.37. The van der Waals surface area contributed by atoms with Crippen LogP contribution in [0.15, 0.2) is 52.3 Å². The first-order chi connectivity index (χ1) is 9.83. The number of hydrogen-bond donors (Lipinski definition) is 1. The predicted octanol–water partition coefficient (Wildman–Crippen LogP) is 1.88. The Labute approximate surface area is 114 Å². The van der Waals surface area contributed by atoms with E-state index in [1.54, 1.807) is 6.21 Å². The predicted molar refractivity (Wildman–Crippen MR) is 75.1 cm³/mol. The number of aromatic nitrogens is 2. The van der Waals surface area contributed by atoms with Crippen molar-refractivity contribution in [2.24, 2.45) is 4.99 Å². The lowest BCUT2D eigenvalue weighted by molar-refractivity contribution is 0.227. The van der Waals surface area contributed by atoms with Gasteiger partial charge in [-0.05, 0) is 6.08 Å². The second kappa shape index (κ2) is 4.16. The van der Waals surface area contributed by atoms with Crippen molar-refractivity contribution in [3.8, 4) is 17.1 Å². The lowest BCUT2D eigenvalue weighted by atomic mass is 10.0. The van der Waals surface area contributed by atoms with Crippen LogP contribution in [0, 0.1) is 0 Å². The van der Waals surface area contributed by atoms with Gasteiger partial charge >= 0.3 is 0 Å². The second-order valence-corrected chi connectivity index (χ2v) is 4.71. The summed E-state index contributed by atoms with van der Waals surface area (Å²) in [5.74, 6) is 0.754. The van der Waals surface area contributed by atoms with Crippen LogP contribution >= 0.6 is 0 Å². The average Bonchev–Trinajstić information content (AvgIpc) is 2.88. The SMILES string of the molecule is O=c1[nH]c(-c2ccccc2)nc2c1OC1N=CC=CC21. The van der Waals surface area contributed by atoms with Crippen LogP contribution in [0.5, 0.6) is 5.75 Å². The quantitative estimate of drug-likeness (QED) is 0.856. The summed E-state index contributed by atoms with van der Waals surface area (Å²) in [4.78, 5) is 23.7. The second-order valence-electron chi connectivity index (χ2n) is 4.71. The number of rotatable bonds is 1. The lowest BCUT2D eigenvalue weighted by Crippen LogP contribution is -2.17. The molecule has 1 aromatic heterocycles. The van der Waals surface area contributed by atoms with E-state index >= 15 is 0 Å². The van der Waals surface area contributed by atoms with E-state index in [4.69, 9.17) is 4.74 Å². The van der Waals surface area contributed by atoms with Gasteiger partial charge in [0.2, 0.25) is 12.0 Å². The average molecular weight is 265 g/mol. The molecule has 0 saturated heterocycles. The highest BCUT2D eigenvalue weighted by molar-refractivity contribution is 5.73. The summed E-state index contributed by atoms with van der Waals surface area (Å²) in [6, 6.07) is 9.56. The molecule has 4 rings (SSSR count). The van der Waals surface area contributed by atoms with Crippen molar-refractivity contribution in [1.82, 2.24) is 9.97 Å². The van der Waals surface area contributed by atoms with Crippen molar-refractivity contribution in [3.05, 3.63) is 58.5 Å². The molecular weight excluding hydrogens is 254 g/mol. The van der Waals surface area contributed by atoms with Gasteiger partial charge in [0, 0.05) is 11.8 Å². The number of fused-ring (bicyclic) bond motifs is 3. The molecule has 98 valence electrons. The smallest absolute Gasteiger partial charge is 0.293 e. The van der Waals surface area contributed by atoms with E-state index < -0.39 is 0 Å². The number of dihydropyridines is 1. The topological polar surface area (TPSA) is 67.3 Å². The summed E-state index contributed by atoms with van der Waals surface area (Å²) in [6.45, 7) is 0. The Hall–Kier alpha value is -2.69. The molecule has 20 heavy (non-hydrogen) atoms. The van der Waals surface area contributed by atoms with Gasteiger partial charge in [0.25, 0.3) is 5.56 Å². The van der Waals surface area contributed by atoms with E-state index in [1.165, 1.54) is 0 Å². The van der Waals surface area contributed by atoms with Crippen LogP contribution in [0.3, 0.4) is 0 Å². The monoisotopic (exact) mass is 265 g/mol. The summed E-state index contributed by atoms with van der Waals surface area (Å²) < 4.78 is 5.58. The maximum absolute atomic E-state index is 12.2. The Morgan fingerprint density at radius 1 is 1.20 bits per heavy atom. The van der Waals surface area contributed by atoms with Gasteiger partial charge in [-0.25, -0.2) is 9.98 Å². The zero-order chi connectivity index (χ0) is 13.5. The van der Waals surface area contributed by atoms with Gasteiger partial charge in [0.1, 0.15) is 11.5 Å². The molecule has 3 heterocycles. The largest absolute Gasteiger partial charge is 0.460 e. The van der Waals surface area contributed by atoms with Crippen molar-refractivity contribution < 1.29 is 4.74 Å². The summed E-state index contributed by atoms with van der Waals surface area (Å²) in [7, 11) is 0. The molecule has 2 aliphatic heterocycles. The van der Waals surface area contributed by atoms with Crippen LogP contribution in [0.1, 0.15) is 11.6 Å². The number of allylic oxidation sites excluding steroid dienone is 1. The molecule has 2 unspecified atom stereocenters. The Bertz CT molecular complexity index is 777. The molecule has 1 aromatic carbocycles. The van der Waals surface area contributed by atoms with Gasteiger partial charge in [0.15, 0.2) is 0 Å². The fourth-order valence-corrected chi connectivity index (χ4v) is 2.49. The van der Waals surface area contributed by atoms with E-state index in [0.717, 1.165) is 5.56 Å². The van der Waals surface area contributed by atoms with Gasteiger partial charge < -0.3 is 9.72 Å². The molecular formula is C15H11N3O2. The number of nitrogens with zero attached hydrogens (tertiary/aromatic N) is 2. The van der Waals surface area contributed by atoms with E-state index in [2.05, 4.69) is 15.0 Å². The van der Waals surface area contributed by atoms with E-state index in [1.807, 2.05) is 42.5 Å². The maximum Gasteiger partial charge on any atom is 0.293 e. The molecule has 0 aliphatic carbocycles. The minimum atomic E-state index is -0.366. The van der Waals surface area contributed by atoms with E-state index in [-0.39, 0.29) is 23.5 Å².